The van der Waals surface area contributed by atoms with Crippen molar-refractivity contribution in [2.75, 3.05) is 16.8 Å². The topological polar surface area (TPSA) is 92.8 Å². The summed E-state index contributed by atoms with van der Waals surface area (Å²) in [5.74, 6) is -1.59. The van der Waals surface area contributed by atoms with Gasteiger partial charge in [0.15, 0.2) is 0 Å². The molecular weight excluding hydrogens is 404 g/mol. The van der Waals surface area contributed by atoms with Crippen molar-refractivity contribution in [1.29, 1.82) is 0 Å². The number of benzene rings is 2. The van der Waals surface area contributed by atoms with Crippen LogP contribution in [0.1, 0.15) is 38.0 Å². The Morgan fingerprint density at radius 1 is 1.07 bits per heavy atom. The number of thiophene rings is 1. The Morgan fingerprint density at radius 2 is 1.77 bits per heavy atom. The van der Waals surface area contributed by atoms with Crippen molar-refractivity contribution < 1.29 is 23.9 Å². The number of rotatable bonds is 6. The number of ether oxygens (including phenoxy) is 1. The number of carbonyl (C=O) groups is 4. The quantitative estimate of drug-likeness (QED) is 0.370. The van der Waals surface area contributed by atoms with Gasteiger partial charge in [0, 0.05) is 16.6 Å². The molecule has 0 aliphatic carbocycles. The fraction of sp³-hybridized carbons (Fsp3) is 0.0909. The van der Waals surface area contributed by atoms with Crippen molar-refractivity contribution in [3.05, 3.63) is 70.6 Å². The third kappa shape index (κ3) is 3.17. The van der Waals surface area contributed by atoms with Gasteiger partial charge in [-0.05, 0) is 36.8 Å². The van der Waals surface area contributed by atoms with Crippen LogP contribution in [0.5, 0.6) is 0 Å². The van der Waals surface area contributed by atoms with E-state index in [1.165, 1.54) is 0 Å². The van der Waals surface area contributed by atoms with Crippen LogP contribution in [0, 0.1) is 0 Å². The van der Waals surface area contributed by atoms with E-state index in [-0.39, 0.29) is 17.2 Å². The number of hydrogen-bond donors (Lipinski definition) is 1. The second-order valence-corrected chi connectivity index (χ2v) is 7.24. The van der Waals surface area contributed by atoms with Crippen LogP contribution >= 0.6 is 11.3 Å². The molecule has 2 heterocycles. The summed E-state index contributed by atoms with van der Waals surface area (Å²) in [4.78, 5) is 50.5. The van der Waals surface area contributed by atoms with Crippen molar-refractivity contribution in [1.82, 2.24) is 0 Å². The van der Waals surface area contributed by atoms with Crippen LogP contribution in [0.15, 0.2) is 53.9 Å². The third-order valence-corrected chi connectivity index (χ3v) is 5.61. The molecule has 0 bridgehead atoms. The van der Waals surface area contributed by atoms with Crippen LogP contribution in [0.25, 0.3) is 11.1 Å². The van der Waals surface area contributed by atoms with Gasteiger partial charge in [0.2, 0.25) is 6.41 Å². The highest BCUT2D eigenvalue weighted by molar-refractivity contribution is 7.15. The van der Waals surface area contributed by atoms with E-state index < -0.39 is 17.8 Å². The molecule has 0 atom stereocenters. The molecule has 4 rings (SSSR count). The van der Waals surface area contributed by atoms with Crippen LogP contribution in [-0.4, -0.2) is 30.8 Å². The van der Waals surface area contributed by atoms with E-state index in [4.69, 9.17) is 4.74 Å². The van der Waals surface area contributed by atoms with E-state index in [0.29, 0.717) is 34.4 Å². The monoisotopic (exact) mass is 420 g/mol. The number of nitrogens with one attached hydrogen (secondary N) is 1. The molecule has 1 aliphatic rings. The summed E-state index contributed by atoms with van der Waals surface area (Å²) in [6.45, 7) is 1.82. The number of nitrogens with zero attached hydrogens (tertiary/aromatic N) is 1. The number of esters is 1. The number of amides is 3. The van der Waals surface area contributed by atoms with E-state index in [0.717, 1.165) is 16.2 Å². The van der Waals surface area contributed by atoms with Gasteiger partial charge in [-0.2, -0.15) is 0 Å². The zero-order chi connectivity index (χ0) is 21.3. The van der Waals surface area contributed by atoms with E-state index in [2.05, 4.69) is 5.32 Å². The predicted molar refractivity (Wildman–Crippen MR) is 113 cm³/mol. The summed E-state index contributed by atoms with van der Waals surface area (Å²) in [6, 6.07) is 13.5. The normalized spacial score (nSPS) is 12.6. The molecule has 1 aromatic heterocycles. The highest BCUT2D eigenvalue weighted by Crippen LogP contribution is 2.42. The largest absolute Gasteiger partial charge is 0.462 e. The molecule has 0 unspecified atom stereocenters. The highest BCUT2D eigenvalue weighted by atomic mass is 32.1. The second-order valence-electron chi connectivity index (χ2n) is 6.38. The van der Waals surface area contributed by atoms with Crippen molar-refractivity contribution in [2.45, 2.75) is 6.92 Å². The maximum atomic E-state index is 12.9. The standard InChI is InChI=1S/C22H16N2O5S/c1-2-29-22(28)18-17(13-6-5-7-14(10-13)23-12-25)11-30-21(18)24-19(26)15-8-3-4-9-16(15)20(24)27/h3-12H,2H2,1H3,(H,23,25). The van der Waals surface area contributed by atoms with E-state index in [1.807, 2.05) is 0 Å². The van der Waals surface area contributed by atoms with Gasteiger partial charge in [-0.1, -0.05) is 24.3 Å². The molecule has 1 N–H and O–H groups in total. The molecular formula is C22H16N2O5S. The number of anilines is 2. The first-order chi connectivity index (χ1) is 14.6. The fourth-order valence-electron chi connectivity index (χ4n) is 3.34. The molecule has 8 heteroatoms. The summed E-state index contributed by atoms with van der Waals surface area (Å²) in [7, 11) is 0. The number of fused-ring (bicyclic) bond motifs is 1. The maximum absolute atomic E-state index is 12.9. The third-order valence-electron chi connectivity index (χ3n) is 4.65. The van der Waals surface area contributed by atoms with Gasteiger partial charge in [0.05, 0.1) is 17.7 Å². The molecule has 3 amide bonds. The van der Waals surface area contributed by atoms with Crippen LogP contribution in [0.4, 0.5) is 10.7 Å². The Bertz CT molecular complexity index is 1150. The summed E-state index contributed by atoms with van der Waals surface area (Å²) in [5, 5.41) is 4.48. The first kappa shape index (κ1) is 19.5. The lowest BCUT2D eigenvalue weighted by Gasteiger charge is -2.15. The molecule has 0 spiro atoms. The first-order valence-corrected chi connectivity index (χ1v) is 10.0. The molecule has 150 valence electrons. The lowest BCUT2D eigenvalue weighted by molar-refractivity contribution is -0.105. The number of hydrogen-bond acceptors (Lipinski definition) is 6. The minimum Gasteiger partial charge on any atom is -0.462 e. The lowest BCUT2D eigenvalue weighted by atomic mass is 10.0. The fourth-order valence-corrected chi connectivity index (χ4v) is 4.41. The number of carbonyl (C=O) groups excluding carboxylic acids is 4. The molecule has 0 fully saturated rings. The van der Waals surface area contributed by atoms with E-state index in [9.17, 15) is 19.2 Å². The Balaban J connectivity index is 1.85. The Kier molecular flexibility index (Phi) is 5.16. The number of imide groups is 1. The lowest BCUT2D eigenvalue weighted by Crippen LogP contribution is -2.30. The van der Waals surface area contributed by atoms with Gasteiger partial charge in [-0.15, -0.1) is 11.3 Å². The maximum Gasteiger partial charge on any atom is 0.341 e. The summed E-state index contributed by atoms with van der Waals surface area (Å²) in [5.41, 5.74) is 2.43. The zero-order valence-corrected chi connectivity index (χ0v) is 16.7. The van der Waals surface area contributed by atoms with Gasteiger partial charge in [0.1, 0.15) is 10.6 Å². The van der Waals surface area contributed by atoms with Crippen LogP contribution < -0.4 is 10.2 Å². The van der Waals surface area contributed by atoms with Gasteiger partial charge in [-0.3, -0.25) is 14.4 Å². The minimum absolute atomic E-state index is 0.139. The Morgan fingerprint density at radius 3 is 2.40 bits per heavy atom. The molecule has 30 heavy (non-hydrogen) atoms. The molecule has 7 nitrogen and oxygen atoms in total. The van der Waals surface area contributed by atoms with Gasteiger partial charge in [0.25, 0.3) is 11.8 Å². The molecule has 1 aliphatic heterocycles. The Hall–Kier alpha value is -3.78. The minimum atomic E-state index is -0.631. The van der Waals surface area contributed by atoms with Crippen molar-refractivity contribution >= 4 is 46.2 Å². The summed E-state index contributed by atoms with van der Waals surface area (Å²) >= 11 is 1.11. The van der Waals surface area contributed by atoms with Crippen molar-refractivity contribution in [3.63, 3.8) is 0 Å². The molecule has 3 aromatic rings. The molecule has 0 radical (unpaired) electrons. The zero-order valence-electron chi connectivity index (χ0n) is 15.9. The van der Waals surface area contributed by atoms with Crippen molar-refractivity contribution in [2.24, 2.45) is 0 Å². The van der Waals surface area contributed by atoms with E-state index in [1.54, 1.807) is 60.8 Å². The average Bonchev–Trinajstić information content (AvgIpc) is 3.28. The van der Waals surface area contributed by atoms with Crippen molar-refractivity contribution in [3.8, 4) is 11.1 Å². The van der Waals surface area contributed by atoms with Crippen LogP contribution in [0.3, 0.4) is 0 Å². The first-order valence-electron chi connectivity index (χ1n) is 9.13. The van der Waals surface area contributed by atoms with Crippen LogP contribution in [-0.2, 0) is 9.53 Å². The SMILES string of the molecule is CCOC(=O)c1c(-c2cccc(NC=O)c2)csc1N1C(=O)c2ccccc2C1=O. The van der Waals surface area contributed by atoms with Crippen LogP contribution in [0.2, 0.25) is 0 Å². The summed E-state index contributed by atoms with van der Waals surface area (Å²) < 4.78 is 5.22. The van der Waals surface area contributed by atoms with Gasteiger partial charge < -0.3 is 10.1 Å². The predicted octanol–water partition coefficient (Wildman–Crippen LogP) is 3.96. The van der Waals surface area contributed by atoms with Gasteiger partial charge in [-0.25, -0.2) is 9.69 Å². The molecule has 0 saturated heterocycles. The highest BCUT2D eigenvalue weighted by Gasteiger charge is 2.40. The van der Waals surface area contributed by atoms with E-state index >= 15 is 0 Å². The average molecular weight is 420 g/mol. The smallest absolute Gasteiger partial charge is 0.341 e. The Labute approximate surface area is 175 Å². The van der Waals surface area contributed by atoms with Gasteiger partial charge >= 0.3 is 5.97 Å². The summed E-state index contributed by atoms with van der Waals surface area (Å²) in [6.07, 6.45) is 0.559. The molecule has 2 aromatic carbocycles. The second kappa shape index (κ2) is 7.92. The molecule has 0 saturated carbocycles.